The van der Waals surface area contributed by atoms with Crippen molar-refractivity contribution in [2.45, 2.75) is 25.3 Å². The van der Waals surface area contributed by atoms with Crippen LogP contribution in [0.25, 0.3) is 0 Å². The molecule has 0 aliphatic heterocycles. The van der Waals surface area contributed by atoms with Gasteiger partial charge < -0.3 is 5.32 Å². The third-order valence-electron chi connectivity index (χ3n) is 2.74. The van der Waals surface area contributed by atoms with Crippen LogP contribution in [0.3, 0.4) is 0 Å². The van der Waals surface area contributed by atoms with E-state index in [0.29, 0.717) is 24.4 Å². The van der Waals surface area contributed by atoms with Gasteiger partial charge in [0.05, 0.1) is 5.75 Å². The Labute approximate surface area is 91.1 Å². The maximum Gasteiger partial charge on any atom is 0.148 e. The molecule has 5 heteroatoms. The lowest BCUT2D eigenvalue weighted by Gasteiger charge is -2.18. The van der Waals surface area contributed by atoms with Gasteiger partial charge in [-0.1, -0.05) is 6.42 Å². The van der Waals surface area contributed by atoms with Crippen LogP contribution in [0.1, 0.15) is 19.3 Å². The van der Waals surface area contributed by atoms with Crippen LogP contribution < -0.4 is 5.32 Å². The Bertz CT molecular complexity index is 266. The topological polar surface area (TPSA) is 46.2 Å². The largest absolute Gasteiger partial charge is 0.313 e. The van der Waals surface area contributed by atoms with Crippen molar-refractivity contribution in [3.8, 4) is 0 Å². The minimum absolute atomic E-state index is 0.221. The van der Waals surface area contributed by atoms with E-state index < -0.39 is 9.84 Å². The van der Waals surface area contributed by atoms with E-state index in [-0.39, 0.29) is 5.75 Å². The van der Waals surface area contributed by atoms with Gasteiger partial charge in [0.15, 0.2) is 0 Å². The van der Waals surface area contributed by atoms with E-state index in [1.807, 2.05) is 0 Å². The second kappa shape index (κ2) is 5.33. The van der Waals surface area contributed by atoms with Crippen LogP contribution in [0.5, 0.6) is 0 Å². The molecule has 0 radical (unpaired) electrons. The molecule has 0 spiro atoms. The van der Waals surface area contributed by atoms with Crippen molar-refractivity contribution in [1.29, 1.82) is 0 Å². The van der Waals surface area contributed by atoms with E-state index in [1.165, 1.54) is 19.1 Å². The highest BCUT2D eigenvalue weighted by Gasteiger charge is 2.25. The molecule has 2 unspecified atom stereocenters. The van der Waals surface area contributed by atoms with Gasteiger partial charge in [-0.2, -0.15) is 0 Å². The highest BCUT2D eigenvalue weighted by atomic mass is 35.5. The summed E-state index contributed by atoms with van der Waals surface area (Å²) < 4.78 is 21.8. The van der Waals surface area contributed by atoms with E-state index >= 15 is 0 Å². The molecule has 1 aliphatic rings. The first kappa shape index (κ1) is 12.3. The first-order valence-electron chi connectivity index (χ1n) is 5.00. The zero-order valence-electron chi connectivity index (χ0n) is 8.50. The summed E-state index contributed by atoms with van der Waals surface area (Å²) in [5.41, 5.74) is 0. The molecule has 84 valence electrons. The fourth-order valence-electron chi connectivity index (χ4n) is 1.92. The van der Waals surface area contributed by atoms with Gasteiger partial charge >= 0.3 is 0 Å². The number of sulfone groups is 1. The van der Waals surface area contributed by atoms with Crippen LogP contribution in [0.15, 0.2) is 0 Å². The summed E-state index contributed by atoms with van der Waals surface area (Å²) in [6, 6.07) is 0.425. The van der Waals surface area contributed by atoms with Gasteiger partial charge in [0.25, 0.3) is 0 Å². The number of alkyl halides is 1. The van der Waals surface area contributed by atoms with Crippen molar-refractivity contribution in [1.82, 2.24) is 5.32 Å². The molecule has 1 rings (SSSR count). The van der Waals surface area contributed by atoms with Gasteiger partial charge in [-0.3, -0.25) is 0 Å². The third kappa shape index (κ3) is 4.15. The lowest BCUT2D eigenvalue weighted by molar-refractivity contribution is 0.441. The van der Waals surface area contributed by atoms with Gasteiger partial charge in [0.1, 0.15) is 9.84 Å². The van der Waals surface area contributed by atoms with Crippen LogP contribution in [-0.4, -0.2) is 38.9 Å². The summed E-state index contributed by atoms with van der Waals surface area (Å²) in [6.07, 6.45) is 4.76. The molecule has 3 nitrogen and oxygen atoms in total. The van der Waals surface area contributed by atoms with Crippen LogP contribution in [0.2, 0.25) is 0 Å². The minimum atomic E-state index is -2.84. The summed E-state index contributed by atoms with van der Waals surface area (Å²) >= 11 is 5.81. The summed E-state index contributed by atoms with van der Waals surface area (Å²) in [4.78, 5) is 0. The smallest absolute Gasteiger partial charge is 0.148 e. The van der Waals surface area contributed by atoms with E-state index in [9.17, 15) is 8.42 Å². The second-order valence-electron chi connectivity index (χ2n) is 4.04. The highest BCUT2D eigenvalue weighted by molar-refractivity contribution is 7.90. The van der Waals surface area contributed by atoms with Gasteiger partial charge in [-0.15, -0.1) is 11.6 Å². The first-order valence-corrected chi connectivity index (χ1v) is 7.59. The maximum absolute atomic E-state index is 10.9. The van der Waals surface area contributed by atoms with Crippen LogP contribution in [0.4, 0.5) is 0 Å². The Hall–Kier alpha value is 0.200. The zero-order chi connectivity index (χ0) is 10.6. The molecule has 0 amide bonds. The molecular weight excluding hydrogens is 222 g/mol. The highest BCUT2D eigenvalue weighted by Crippen LogP contribution is 2.26. The Morgan fingerprint density at radius 3 is 2.71 bits per heavy atom. The van der Waals surface area contributed by atoms with Crippen molar-refractivity contribution in [2.75, 3.05) is 24.4 Å². The molecule has 0 bridgehead atoms. The summed E-state index contributed by atoms with van der Waals surface area (Å²) in [5.74, 6) is 1.42. The number of hydrogen-bond acceptors (Lipinski definition) is 3. The van der Waals surface area contributed by atoms with Crippen LogP contribution in [-0.2, 0) is 9.84 Å². The number of halogens is 1. The zero-order valence-corrected chi connectivity index (χ0v) is 10.1. The molecule has 0 aromatic carbocycles. The van der Waals surface area contributed by atoms with Crippen LogP contribution >= 0.6 is 11.6 Å². The monoisotopic (exact) mass is 239 g/mol. The summed E-state index contributed by atoms with van der Waals surface area (Å²) in [5, 5.41) is 3.28. The summed E-state index contributed by atoms with van der Waals surface area (Å²) in [7, 11) is -2.84. The molecular formula is C9H18ClNO2S. The Morgan fingerprint density at radius 1 is 1.43 bits per heavy atom. The summed E-state index contributed by atoms with van der Waals surface area (Å²) in [6.45, 7) is 0.552. The molecule has 1 N–H and O–H groups in total. The van der Waals surface area contributed by atoms with E-state index in [2.05, 4.69) is 5.32 Å². The lowest BCUT2D eigenvalue weighted by Crippen LogP contribution is -2.36. The molecule has 1 fully saturated rings. The predicted octanol–water partition coefficient (Wildman–Crippen LogP) is 1.03. The van der Waals surface area contributed by atoms with Crippen molar-refractivity contribution < 1.29 is 8.42 Å². The quantitative estimate of drug-likeness (QED) is 0.729. The van der Waals surface area contributed by atoms with Crippen LogP contribution in [0, 0.1) is 5.92 Å². The number of nitrogens with one attached hydrogen (secondary N) is 1. The normalized spacial score (nSPS) is 28.1. The van der Waals surface area contributed by atoms with Crippen molar-refractivity contribution in [2.24, 2.45) is 5.92 Å². The average Bonchev–Trinajstić information content (AvgIpc) is 2.49. The predicted molar refractivity (Wildman–Crippen MR) is 59.6 cm³/mol. The van der Waals surface area contributed by atoms with E-state index in [4.69, 9.17) is 11.6 Å². The van der Waals surface area contributed by atoms with Gasteiger partial charge in [-0.25, -0.2) is 8.42 Å². The second-order valence-corrected chi connectivity index (χ2v) is 6.60. The Kier molecular flexibility index (Phi) is 4.67. The Balaban J connectivity index is 2.24. The fourth-order valence-corrected chi connectivity index (χ4v) is 2.78. The molecule has 14 heavy (non-hydrogen) atoms. The maximum atomic E-state index is 10.9. The van der Waals surface area contributed by atoms with Crippen molar-refractivity contribution in [3.05, 3.63) is 0 Å². The minimum Gasteiger partial charge on any atom is -0.313 e. The first-order chi connectivity index (χ1) is 6.53. The Morgan fingerprint density at radius 2 is 2.14 bits per heavy atom. The molecule has 0 saturated heterocycles. The third-order valence-corrected chi connectivity index (χ3v) is 4.08. The fraction of sp³-hybridized carbons (Fsp3) is 1.00. The van der Waals surface area contributed by atoms with E-state index in [0.717, 1.165) is 6.42 Å². The standard InChI is InChI=1S/C9H18ClNO2S/c1-14(12,13)6-5-11-9-4-2-3-8(9)7-10/h8-9,11H,2-7H2,1H3. The molecule has 0 aromatic rings. The molecule has 1 saturated carbocycles. The van der Waals surface area contributed by atoms with Gasteiger partial charge in [0.2, 0.25) is 0 Å². The lowest BCUT2D eigenvalue weighted by atomic mass is 10.1. The molecule has 2 atom stereocenters. The molecule has 0 aromatic heterocycles. The SMILES string of the molecule is CS(=O)(=O)CCNC1CCCC1CCl. The van der Waals surface area contributed by atoms with Gasteiger partial charge in [-0.05, 0) is 18.8 Å². The average molecular weight is 240 g/mol. The molecule has 0 heterocycles. The molecule has 1 aliphatic carbocycles. The van der Waals surface area contributed by atoms with Crippen molar-refractivity contribution >= 4 is 21.4 Å². The number of rotatable bonds is 5. The number of hydrogen-bond donors (Lipinski definition) is 1. The van der Waals surface area contributed by atoms with Crippen molar-refractivity contribution in [3.63, 3.8) is 0 Å². The van der Waals surface area contributed by atoms with Gasteiger partial charge in [0, 0.05) is 24.7 Å². The van der Waals surface area contributed by atoms with E-state index in [1.54, 1.807) is 0 Å².